The molecule has 1 unspecified atom stereocenters. The highest BCUT2D eigenvalue weighted by molar-refractivity contribution is 5.89. The van der Waals surface area contributed by atoms with Crippen LogP contribution in [0.1, 0.15) is 36.3 Å². The number of fused-ring (bicyclic) bond motifs is 2. The molecule has 0 amide bonds. The average molecular weight is 243 g/mol. The zero-order valence-corrected chi connectivity index (χ0v) is 10.5. The molecule has 1 aromatic carbocycles. The van der Waals surface area contributed by atoms with Crippen LogP contribution in [0.5, 0.6) is 0 Å². The molecule has 3 aliphatic rings. The Morgan fingerprint density at radius 3 is 3.17 bits per heavy atom. The van der Waals surface area contributed by atoms with E-state index in [-0.39, 0.29) is 4.65 Å². The van der Waals surface area contributed by atoms with Gasteiger partial charge in [-0.25, -0.2) is 5.21 Å². The third-order valence-electron chi connectivity index (χ3n) is 4.94. The van der Waals surface area contributed by atoms with Crippen LogP contribution in [0.25, 0.3) is 0 Å². The summed E-state index contributed by atoms with van der Waals surface area (Å²) in [4.78, 5) is 4.42. The van der Waals surface area contributed by atoms with E-state index >= 15 is 0 Å². The molecule has 94 valence electrons. The molecule has 1 N–H and O–H groups in total. The molecule has 2 aliphatic heterocycles. The zero-order valence-electron chi connectivity index (χ0n) is 10.5. The summed E-state index contributed by atoms with van der Waals surface area (Å²) in [5.41, 5.74) is 3.65. The lowest BCUT2D eigenvalue weighted by Gasteiger charge is -2.40. The summed E-state index contributed by atoms with van der Waals surface area (Å²) >= 11 is 0. The number of benzene rings is 1. The minimum atomic E-state index is 0.118. The molecule has 1 fully saturated rings. The lowest BCUT2D eigenvalue weighted by molar-refractivity contribution is -0.0950. The van der Waals surface area contributed by atoms with E-state index in [1.165, 1.54) is 24.8 Å². The lowest BCUT2D eigenvalue weighted by atomic mass is 9.82. The minimum Gasteiger partial charge on any atom is -0.286 e. The number of quaternary nitrogens is 1. The maximum Gasteiger partial charge on any atom is 0.177 e. The van der Waals surface area contributed by atoms with E-state index in [4.69, 9.17) is 0 Å². The Kier molecular flexibility index (Phi) is 2.17. The van der Waals surface area contributed by atoms with Crippen molar-refractivity contribution >= 4 is 11.9 Å². The van der Waals surface area contributed by atoms with Crippen molar-refractivity contribution in [3.63, 3.8) is 0 Å². The topological polar surface area (TPSA) is 32.6 Å². The fraction of sp³-hybridized carbons (Fsp3) is 0.533. The Morgan fingerprint density at radius 2 is 2.22 bits per heavy atom. The second-order valence-corrected chi connectivity index (χ2v) is 5.95. The first-order valence-corrected chi connectivity index (χ1v) is 7.01. The van der Waals surface area contributed by atoms with Crippen LogP contribution in [0.2, 0.25) is 0 Å². The van der Waals surface area contributed by atoms with E-state index in [9.17, 15) is 5.21 Å². The highest BCUT2D eigenvalue weighted by atomic mass is 16.5. The third kappa shape index (κ3) is 1.35. The van der Waals surface area contributed by atoms with E-state index in [2.05, 4.69) is 23.2 Å². The van der Waals surface area contributed by atoms with Crippen LogP contribution >= 0.6 is 0 Å². The lowest BCUT2D eigenvalue weighted by Crippen LogP contribution is -2.54. The molecule has 3 heteroatoms. The van der Waals surface area contributed by atoms with Crippen LogP contribution in [0.15, 0.2) is 23.2 Å². The van der Waals surface area contributed by atoms with Gasteiger partial charge in [0.2, 0.25) is 0 Å². The number of hydrogen-bond acceptors (Lipinski definition) is 2. The van der Waals surface area contributed by atoms with E-state index < -0.39 is 0 Å². The van der Waals surface area contributed by atoms with Crippen LogP contribution in [-0.2, 0) is 0 Å². The second kappa shape index (κ2) is 3.65. The van der Waals surface area contributed by atoms with Gasteiger partial charge in [0.15, 0.2) is 5.69 Å². The smallest absolute Gasteiger partial charge is 0.177 e. The van der Waals surface area contributed by atoms with E-state index in [1.807, 2.05) is 6.21 Å². The van der Waals surface area contributed by atoms with Crippen molar-refractivity contribution in [3.8, 4) is 0 Å². The molecule has 3 atom stereocenters. The zero-order chi connectivity index (χ0) is 12.2. The molecule has 2 heterocycles. The standard InChI is InChI=1S/C15H19N2O/c18-17-8-7-16-9-11-3-1-6-14(15(11)17)13-5-2-4-12(13)10-17/h1,3,6,9,12-13,18H,2,4-5,7-8,10H2/q+1/t12-,13-,17?/m0/s1. The Morgan fingerprint density at radius 1 is 1.28 bits per heavy atom. The van der Waals surface area contributed by atoms with Crippen LogP contribution in [0, 0.1) is 5.92 Å². The molecule has 0 saturated heterocycles. The van der Waals surface area contributed by atoms with Crippen LogP contribution in [-0.4, -0.2) is 31.1 Å². The Bertz CT molecular complexity index is 525. The summed E-state index contributed by atoms with van der Waals surface area (Å²) in [5, 5.41) is 11.0. The SMILES string of the molecule is O[N+]12CCN=Cc3cccc(c31)[C@H]1CCC[C@H]1C2. The summed E-state index contributed by atoms with van der Waals surface area (Å²) in [7, 11) is 0. The van der Waals surface area contributed by atoms with Gasteiger partial charge >= 0.3 is 0 Å². The summed E-state index contributed by atoms with van der Waals surface area (Å²) < 4.78 is 0.118. The fourth-order valence-corrected chi connectivity index (χ4v) is 4.20. The first-order valence-electron chi connectivity index (χ1n) is 7.01. The Labute approximate surface area is 107 Å². The number of aliphatic imine (C=N–C) groups is 1. The summed E-state index contributed by atoms with van der Waals surface area (Å²) in [6, 6.07) is 6.44. The van der Waals surface area contributed by atoms with Crippen LogP contribution in [0.4, 0.5) is 5.69 Å². The minimum absolute atomic E-state index is 0.118. The van der Waals surface area contributed by atoms with Gasteiger partial charge in [0.05, 0.1) is 12.1 Å². The number of rotatable bonds is 0. The molecule has 0 spiro atoms. The van der Waals surface area contributed by atoms with Crippen molar-refractivity contribution in [3.05, 3.63) is 29.3 Å². The molecule has 4 rings (SSSR count). The quantitative estimate of drug-likeness (QED) is 0.698. The van der Waals surface area contributed by atoms with Gasteiger partial charge in [-0.15, -0.1) is 4.65 Å². The number of hydroxylamine groups is 2. The highest BCUT2D eigenvalue weighted by Crippen LogP contribution is 2.50. The van der Waals surface area contributed by atoms with Gasteiger partial charge in [-0.1, -0.05) is 18.6 Å². The fourth-order valence-electron chi connectivity index (χ4n) is 4.20. The highest BCUT2D eigenvalue weighted by Gasteiger charge is 2.48. The molecule has 3 nitrogen and oxygen atoms in total. The summed E-state index contributed by atoms with van der Waals surface area (Å²) in [5.74, 6) is 1.33. The molecular formula is C15H19N2O+. The number of nitrogens with zero attached hydrogens (tertiary/aromatic N) is 2. The predicted molar refractivity (Wildman–Crippen MR) is 72.3 cm³/mol. The predicted octanol–water partition coefficient (Wildman–Crippen LogP) is 2.71. The largest absolute Gasteiger partial charge is 0.286 e. The molecule has 0 aromatic heterocycles. The number of hydrogen-bond donors (Lipinski definition) is 1. The Hall–Kier alpha value is -1.19. The summed E-state index contributed by atoms with van der Waals surface area (Å²) in [6.07, 6.45) is 5.82. The van der Waals surface area contributed by atoms with Crippen molar-refractivity contribution in [2.75, 3.05) is 19.6 Å². The van der Waals surface area contributed by atoms with E-state index in [0.29, 0.717) is 11.8 Å². The van der Waals surface area contributed by atoms with Gasteiger partial charge in [0.1, 0.15) is 13.1 Å². The van der Waals surface area contributed by atoms with E-state index in [0.717, 1.165) is 30.9 Å². The van der Waals surface area contributed by atoms with Crippen molar-refractivity contribution in [2.45, 2.75) is 25.2 Å². The molecule has 0 bridgehead atoms. The van der Waals surface area contributed by atoms with Crippen LogP contribution in [0.3, 0.4) is 0 Å². The monoisotopic (exact) mass is 243 g/mol. The van der Waals surface area contributed by atoms with Crippen molar-refractivity contribution in [1.29, 1.82) is 0 Å². The normalized spacial score (nSPS) is 36.9. The molecular weight excluding hydrogens is 224 g/mol. The van der Waals surface area contributed by atoms with Gasteiger partial charge in [-0.05, 0) is 24.8 Å². The molecule has 1 saturated carbocycles. The van der Waals surface area contributed by atoms with Gasteiger partial charge < -0.3 is 0 Å². The van der Waals surface area contributed by atoms with Gasteiger partial charge in [-0.2, -0.15) is 0 Å². The van der Waals surface area contributed by atoms with Crippen molar-refractivity contribution in [1.82, 2.24) is 4.65 Å². The molecule has 18 heavy (non-hydrogen) atoms. The van der Waals surface area contributed by atoms with Gasteiger partial charge in [-0.3, -0.25) is 4.99 Å². The molecule has 1 aromatic rings. The van der Waals surface area contributed by atoms with Crippen molar-refractivity contribution in [2.24, 2.45) is 10.9 Å². The van der Waals surface area contributed by atoms with Gasteiger partial charge in [0, 0.05) is 17.7 Å². The molecule has 1 aliphatic carbocycles. The maximum absolute atomic E-state index is 11.0. The maximum atomic E-state index is 11.0. The van der Waals surface area contributed by atoms with Crippen molar-refractivity contribution < 1.29 is 5.21 Å². The summed E-state index contributed by atoms with van der Waals surface area (Å²) in [6.45, 7) is 2.34. The first-order chi connectivity index (χ1) is 8.78. The number of para-hydroxylation sites is 1. The third-order valence-corrected chi connectivity index (χ3v) is 4.94. The first kappa shape index (κ1) is 10.7. The Balaban J connectivity index is 1.97. The van der Waals surface area contributed by atoms with Gasteiger partial charge in [0.25, 0.3) is 0 Å². The second-order valence-electron chi connectivity index (χ2n) is 5.95. The van der Waals surface area contributed by atoms with E-state index in [1.54, 1.807) is 0 Å². The van der Waals surface area contributed by atoms with Crippen LogP contribution < -0.4 is 4.65 Å². The molecule has 0 radical (unpaired) electrons. The average Bonchev–Trinajstić information content (AvgIpc) is 2.75.